The Morgan fingerprint density at radius 2 is 1.06 bits per heavy atom. The van der Waals surface area contributed by atoms with Crippen LogP contribution in [0.1, 0.15) is 116 Å². The number of hydrogen-bond acceptors (Lipinski definition) is 21. The number of methoxy groups -OCH3 is 3. The van der Waals surface area contributed by atoms with Gasteiger partial charge >= 0.3 is 36.2 Å². The molecule has 3 aliphatic rings. The topological polar surface area (TPSA) is 379 Å². The number of carbonyl (C=O) groups is 10. The average molecular weight is 1810 g/mol. The van der Waals surface area contributed by atoms with Gasteiger partial charge in [0.25, 0.3) is 17.7 Å². The molecule has 2 saturated heterocycles. The van der Waals surface area contributed by atoms with Crippen LogP contribution in [-0.4, -0.2) is 149 Å². The number of carbonyl (C=O) groups excluding carboxylic acids is 10. The zero-order valence-corrected chi connectivity index (χ0v) is 65.8. The number of fused-ring (bicyclic) bond motifs is 1. The van der Waals surface area contributed by atoms with Crippen molar-refractivity contribution >= 4 is 162 Å². The summed E-state index contributed by atoms with van der Waals surface area (Å²) in [5.41, 5.74) is 5.02. The molecule has 9 amide bonds. The largest absolute Gasteiger partial charge is 0.497 e. The fraction of sp³-hybridized carbons (Fsp3) is 0.354. The van der Waals surface area contributed by atoms with E-state index >= 15 is 0 Å². The number of pyridine rings is 4. The fourth-order valence-corrected chi connectivity index (χ4v) is 10.1. The molecule has 0 saturated carbocycles. The predicted octanol–water partition coefficient (Wildman–Crippen LogP) is 10.6. The lowest BCUT2D eigenvalue weighted by Crippen LogP contribution is -2.53. The Morgan fingerprint density at radius 3 is 1.47 bits per heavy atom. The molecular formula is C65H74Br5IN12O16. The summed E-state index contributed by atoms with van der Waals surface area (Å²) < 4.78 is 34.2. The number of nitrogens with zero attached hydrogens (tertiary/aromatic N) is 5. The first-order valence-corrected chi connectivity index (χ1v) is 34.7. The van der Waals surface area contributed by atoms with E-state index in [1.54, 1.807) is 143 Å². The maximum absolute atomic E-state index is 12.9. The van der Waals surface area contributed by atoms with Crippen molar-refractivity contribution in [2.24, 2.45) is 5.73 Å². The van der Waals surface area contributed by atoms with Crippen LogP contribution in [0.4, 0.5) is 19.2 Å². The van der Waals surface area contributed by atoms with Gasteiger partial charge in [0, 0.05) is 66.7 Å². The normalized spacial score (nSPS) is 15.7. The number of alkyl halides is 1. The van der Waals surface area contributed by atoms with Crippen molar-refractivity contribution in [2.75, 3.05) is 47.5 Å². The lowest BCUT2D eigenvalue weighted by molar-refractivity contribution is -0.153. The number of esters is 2. The number of benzene rings is 2. The van der Waals surface area contributed by atoms with Gasteiger partial charge in [-0.25, -0.2) is 29.0 Å². The van der Waals surface area contributed by atoms with Crippen molar-refractivity contribution in [3.8, 4) is 11.5 Å². The molecule has 0 radical (unpaired) electrons. The van der Waals surface area contributed by atoms with Crippen molar-refractivity contribution in [3.63, 3.8) is 0 Å². The van der Waals surface area contributed by atoms with E-state index in [-0.39, 0.29) is 43.8 Å². The number of nitrogens with one attached hydrogen (secondary N) is 6. The Hall–Kier alpha value is -7.77. The van der Waals surface area contributed by atoms with Crippen molar-refractivity contribution in [1.29, 1.82) is 0 Å². The van der Waals surface area contributed by atoms with Crippen molar-refractivity contribution in [2.45, 2.75) is 102 Å². The minimum Gasteiger partial charge on any atom is -0.497 e. The van der Waals surface area contributed by atoms with Crippen LogP contribution in [0.2, 0.25) is 0 Å². The van der Waals surface area contributed by atoms with E-state index in [1.165, 1.54) is 25.3 Å². The number of rotatable bonds is 14. The lowest BCUT2D eigenvalue weighted by Gasteiger charge is -2.30. The van der Waals surface area contributed by atoms with Gasteiger partial charge in [0.1, 0.15) is 44.2 Å². The molecule has 2 aromatic carbocycles. The second-order valence-electron chi connectivity index (χ2n) is 23.8. The third-order valence-electron chi connectivity index (χ3n) is 12.7. The second-order valence-corrected chi connectivity index (χ2v) is 29.1. The number of ketones is 1. The van der Waals surface area contributed by atoms with Crippen LogP contribution in [-0.2, 0) is 56.3 Å². The molecule has 2 fully saturated rings. The Bertz CT molecular complexity index is 3800. The number of nitrogens with two attached hydrogens (primary N) is 1. The zero-order valence-electron chi connectivity index (χ0n) is 55.7. The third-order valence-corrected chi connectivity index (χ3v) is 15.8. The van der Waals surface area contributed by atoms with Crippen molar-refractivity contribution < 1.29 is 76.4 Å². The van der Waals surface area contributed by atoms with E-state index in [1.807, 2.05) is 30.3 Å². The Morgan fingerprint density at radius 1 is 0.596 bits per heavy atom. The summed E-state index contributed by atoms with van der Waals surface area (Å²) in [5, 5.41) is 14.9. The zero-order chi connectivity index (χ0) is 74.2. The second kappa shape index (κ2) is 38.1. The molecule has 9 rings (SSSR count). The third kappa shape index (κ3) is 27.0. The number of amides is 9. The maximum atomic E-state index is 12.9. The van der Waals surface area contributed by atoms with Crippen LogP contribution >= 0.6 is 102 Å². The van der Waals surface area contributed by atoms with Crippen molar-refractivity contribution in [3.05, 3.63) is 171 Å². The first-order chi connectivity index (χ1) is 46.3. The molecule has 7 heterocycles. The van der Waals surface area contributed by atoms with Crippen LogP contribution in [0.3, 0.4) is 0 Å². The van der Waals surface area contributed by atoms with Crippen LogP contribution in [0.5, 0.6) is 11.5 Å². The molecule has 2 unspecified atom stereocenters. The standard InChI is InChI=1S/C18H15BrN4O4.C12H15BrN2O3.C11H21NO4.C10H11BrO3.C9H9BrN4O2.C5H3BrIN/c1-27-12-4-2-10-8-23(15(24)13(10)6-12)9-18(16(25)21-17(26)22-18)14-5-3-11(19)7-20-14;1-12(2,3)18-11(17)15-7-10(16)9-5-4-8(13)6-14-9;1-10(2,3)15-8(13)7-12-9(14)16-11(4,5)6;1-13-8-4-3-7(6-11)9(5-8)10(12)14-2;10-5-1-2-6(12-3-5)9(4-11)7(15)13-8(16)14-9;6-4-1-2-5(7)8-3-4/h2-7H,8-9H2,1H3,(H2,21,22,25,26);4-6H,7H2,1-3H3,(H,15,17);7H2,1-6H3,(H,12,14);3-5H,6H2,1-2H3;1-3H,4,11H2,(H2,13,14,15,16);1-3H. The van der Waals surface area contributed by atoms with Crippen molar-refractivity contribution in [1.82, 2.24) is 56.7 Å². The first kappa shape index (κ1) is 83.6. The summed E-state index contributed by atoms with van der Waals surface area (Å²) in [4.78, 5) is 135. The van der Waals surface area contributed by atoms with Gasteiger partial charge in [0.2, 0.25) is 0 Å². The molecule has 3 aliphatic heterocycles. The predicted molar refractivity (Wildman–Crippen MR) is 390 cm³/mol. The molecule has 6 aromatic rings. The van der Waals surface area contributed by atoms with Crippen LogP contribution in [0.15, 0.2) is 128 Å². The van der Waals surface area contributed by atoms with E-state index in [0.29, 0.717) is 51.6 Å². The minimum absolute atomic E-state index is 0.0327. The molecule has 8 N–H and O–H groups in total. The Balaban J connectivity index is 0.000000261. The van der Waals surface area contributed by atoms with Crippen LogP contribution in [0, 0.1) is 3.70 Å². The SMILES string of the molecule is Brc1ccc(I)nc1.CC(C)(C)OC(=O)CNC(=O)OC(C)(C)C.CC(C)(C)OC(=O)NCC(=O)c1ccc(Br)cn1.COC(=O)c1cc(OC)ccc1CBr.COc1ccc2c(c1)C(=O)N(CC1(c3ccc(Br)cn3)NC(=O)NC1=O)C2.NCC1(c2ccc(Br)cn2)NC(=O)NC1=O. The number of aromatic nitrogens is 4. The van der Waals surface area contributed by atoms with Gasteiger partial charge in [-0.2, -0.15) is 0 Å². The molecule has 28 nitrogen and oxygen atoms in total. The van der Waals surface area contributed by atoms with E-state index in [2.05, 4.69) is 159 Å². The number of Topliss-reactive ketones (excluding diaryl/α,β-unsaturated/α-hetero) is 1. The smallest absolute Gasteiger partial charge is 0.408 e. The highest BCUT2D eigenvalue weighted by Crippen LogP contribution is 2.33. The number of hydrogen-bond donors (Lipinski definition) is 7. The number of imide groups is 2. The molecule has 34 heteroatoms. The van der Waals surface area contributed by atoms with Gasteiger partial charge in [-0.3, -0.25) is 49.6 Å². The molecule has 532 valence electrons. The van der Waals surface area contributed by atoms with Gasteiger partial charge in [-0.15, -0.1) is 0 Å². The summed E-state index contributed by atoms with van der Waals surface area (Å²) in [7, 11) is 4.45. The lowest BCUT2D eigenvalue weighted by atomic mass is 9.93. The number of alkyl carbamates (subject to hydrolysis) is 2. The van der Waals surface area contributed by atoms with Gasteiger partial charge in [0.05, 0.1) is 51.4 Å². The van der Waals surface area contributed by atoms with Crippen LogP contribution < -0.4 is 47.1 Å². The highest BCUT2D eigenvalue weighted by Gasteiger charge is 2.52. The molecular weight excluding hydrogens is 1730 g/mol. The van der Waals surface area contributed by atoms with Gasteiger partial charge in [-0.05, 0) is 233 Å². The van der Waals surface area contributed by atoms with E-state index in [4.69, 9.17) is 29.4 Å². The summed E-state index contributed by atoms with van der Waals surface area (Å²) in [6, 6.07) is 23.4. The number of ether oxygens (including phenoxy) is 6. The summed E-state index contributed by atoms with van der Waals surface area (Å²) in [5.74, 6) is -1.12. The Labute approximate surface area is 627 Å². The summed E-state index contributed by atoms with van der Waals surface area (Å²) in [6.07, 6.45) is 5.15. The molecule has 99 heavy (non-hydrogen) atoms. The average Bonchev–Trinajstić information content (AvgIpc) is 1.63. The molecule has 2 atom stereocenters. The quantitative estimate of drug-likeness (QED) is 0.0101. The monoisotopic (exact) mass is 1800 g/mol. The minimum atomic E-state index is -1.44. The Kier molecular flexibility index (Phi) is 32.2. The van der Waals surface area contributed by atoms with E-state index in [0.717, 1.165) is 32.7 Å². The molecule has 0 bridgehead atoms. The summed E-state index contributed by atoms with van der Waals surface area (Å²) >= 11 is 18.5. The maximum Gasteiger partial charge on any atom is 0.408 e. The highest BCUT2D eigenvalue weighted by molar-refractivity contribution is 14.1. The molecule has 4 aromatic heterocycles. The van der Waals surface area contributed by atoms with Gasteiger partial charge < -0.3 is 60.3 Å². The van der Waals surface area contributed by atoms with E-state index in [9.17, 15) is 47.9 Å². The molecule has 0 spiro atoms. The number of urea groups is 2. The number of halogens is 6. The first-order valence-electron chi connectivity index (χ1n) is 29.4. The molecule has 0 aliphatic carbocycles. The highest BCUT2D eigenvalue weighted by atomic mass is 127. The van der Waals surface area contributed by atoms with Gasteiger partial charge in [-0.1, -0.05) is 28.1 Å². The van der Waals surface area contributed by atoms with E-state index < -0.39 is 69.9 Å². The van der Waals surface area contributed by atoms with Crippen LogP contribution in [0.25, 0.3) is 0 Å². The van der Waals surface area contributed by atoms with Gasteiger partial charge in [0.15, 0.2) is 16.9 Å². The summed E-state index contributed by atoms with van der Waals surface area (Å²) in [6.45, 7) is 15.7. The fourth-order valence-electron chi connectivity index (χ4n) is 8.31.